The summed E-state index contributed by atoms with van der Waals surface area (Å²) >= 11 is 0. The number of anilines is 1. The Kier molecular flexibility index (Phi) is 2.66. The van der Waals surface area contributed by atoms with Crippen LogP contribution in [-0.4, -0.2) is 54.0 Å². The minimum Gasteiger partial charge on any atom is -0.338 e. The monoisotopic (exact) mass is 247 g/mol. The van der Waals surface area contributed by atoms with Gasteiger partial charge in [-0.15, -0.1) is 0 Å². The highest BCUT2D eigenvalue weighted by Crippen LogP contribution is 2.24. The van der Waals surface area contributed by atoms with Gasteiger partial charge in [-0.25, -0.2) is 9.97 Å². The van der Waals surface area contributed by atoms with Gasteiger partial charge >= 0.3 is 0 Å². The number of carbonyl (C=O) groups is 1. The molecule has 0 bridgehead atoms. The van der Waals surface area contributed by atoms with Crippen molar-refractivity contribution in [3.63, 3.8) is 0 Å². The van der Waals surface area contributed by atoms with Gasteiger partial charge in [-0.05, 0) is 6.92 Å². The maximum atomic E-state index is 11.9. The van der Waals surface area contributed by atoms with Crippen LogP contribution in [0.15, 0.2) is 0 Å². The van der Waals surface area contributed by atoms with E-state index in [-0.39, 0.29) is 5.91 Å². The van der Waals surface area contributed by atoms with Gasteiger partial charge < -0.3 is 15.1 Å². The summed E-state index contributed by atoms with van der Waals surface area (Å²) in [6.45, 7) is 6.24. The van der Waals surface area contributed by atoms with E-state index in [9.17, 15) is 4.79 Å². The summed E-state index contributed by atoms with van der Waals surface area (Å²) in [6, 6.07) is 0. The van der Waals surface area contributed by atoms with Crippen molar-refractivity contribution in [1.29, 1.82) is 0 Å². The summed E-state index contributed by atoms with van der Waals surface area (Å²) < 4.78 is 0. The number of nitrogens with one attached hydrogen (secondary N) is 1. The summed E-state index contributed by atoms with van der Waals surface area (Å²) in [5.41, 5.74) is 2.35. The van der Waals surface area contributed by atoms with Crippen LogP contribution < -0.4 is 10.2 Å². The summed E-state index contributed by atoms with van der Waals surface area (Å²) in [4.78, 5) is 24.8. The molecule has 6 nitrogen and oxygen atoms in total. The first-order chi connectivity index (χ1) is 8.66. The maximum Gasteiger partial charge on any atom is 0.257 e. The summed E-state index contributed by atoms with van der Waals surface area (Å²) in [7, 11) is 1.80. The molecule has 0 saturated carbocycles. The predicted octanol–water partition coefficient (Wildman–Crippen LogP) is -0.220. The molecule has 0 unspecified atom stereocenters. The lowest BCUT2D eigenvalue weighted by Crippen LogP contribution is -2.44. The van der Waals surface area contributed by atoms with E-state index in [1.807, 2.05) is 6.92 Å². The standard InChI is InChI=1S/C12H17N5O/c1-8-10-9(7-16(2)11(10)18)15-12(14-8)17-5-3-13-4-6-17/h13H,3-7H2,1-2H3. The molecule has 96 valence electrons. The smallest absolute Gasteiger partial charge is 0.257 e. The maximum absolute atomic E-state index is 11.9. The van der Waals surface area contributed by atoms with Crippen LogP contribution in [0.3, 0.4) is 0 Å². The second kappa shape index (κ2) is 4.20. The van der Waals surface area contributed by atoms with Crippen LogP contribution in [-0.2, 0) is 6.54 Å². The van der Waals surface area contributed by atoms with Crippen LogP contribution in [0.4, 0.5) is 5.95 Å². The molecule has 3 heterocycles. The topological polar surface area (TPSA) is 61.4 Å². The zero-order valence-electron chi connectivity index (χ0n) is 10.7. The van der Waals surface area contributed by atoms with Gasteiger partial charge in [0.05, 0.1) is 23.5 Å². The molecule has 1 aromatic heterocycles. The zero-order chi connectivity index (χ0) is 12.7. The van der Waals surface area contributed by atoms with E-state index in [1.165, 1.54) is 0 Å². The number of rotatable bonds is 1. The molecular formula is C12H17N5O. The first kappa shape index (κ1) is 11.4. The Morgan fingerprint density at radius 1 is 1.22 bits per heavy atom. The quantitative estimate of drug-likeness (QED) is 0.743. The van der Waals surface area contributed by atoms with Crippen molar-refractivity contribution in [2.24, 2.45) is 0 Å². The van der Waals surface area contributed by atoms with Gasteiger partial charge in [0, 0.05) is 33.2 Å². The van der Waals surface area contributed by atoms with Crippen molar-refractivity contribution in [1.82, 2.24) is 20.2 Å². The molecule has 1 amide bonds. The molecule has 2 aliphatic heterocycles. The first-order valence-electron chi connectivity index (χ1n) is 6.25. The van der Waals surface area contributed by atoms with Crippen LogP contribution in [0, 0.1) is 6.92 Å². The molecule has 1 N–H and O–H groups in total. The average molecular weight is 247 g/mol. The van der Waals surface area contributed by atoms with Gasteiger partial charge in [-0.3, -0.25) is 4.79 Å². The molecule has 0 radical (unpaired) electrons. The SMILES string of the molecule is Cc1nc(N2CCNCC2)nc2c1C(=O)N(C)C2. The number of carbonyl (C=O) groups excluding carboxylic acids is 1. The molecule has 0 aromatic carbocycles. The minimum atomic E-state index is 0.0364. The number of aryl methyl sites for hydroxylation is 1. The van der Waals surface area contributed by atoms with Gasteiger partial charge in [0.15, 0.2) is 0 Å². The van der Waals surface area contributed by atoms with E-state index in [1.54, 1.807) is 11.9 Å². The van der Waals surface area contributed by atoms with Gasteiger partial charge in [0.25, 0.3) is 5.91 Å². The van der Waals surface area contributed by atoms with Crippen LogP contribution >= 0.6 is 0 Å². The summed E-state index contributed by atoms with van der Waals surface area (Å²) in [6.07, 6.45) is 0. The third-order valence-corrected chi connectivity index (χ3v) is 3.50. The Morgan fingerprint density at radius 3 is 2.67 bits per heavy atom. The Balaban J connectivity index is 1.97. The van der Waals surface area contributed by atoms with E-state index in [2.05, 4.69) is 20.2 Å². The molecular weight excluding hydrogens is 230 g/mol. The van der Waals surface area contributed by atoms with Gasteiger partial charge in [0.1, 0.15) is 0 Å². The fourth-order valence-electron chi connectivity index (χ4n) is 2.50. The highest BCUT2D eigenvalue weighted by atomic mass is 16.2. The Hall–Kier alpha value is -1.69. The van der Waals surface area contributed by atoms with Crippen LogP contribution in [0.2, 0.25) is 0 Å². The van der Waals surface area contributed by atoms with Gasteiger partial charge in [0.2, 0.25) is 5.95 Å². The van der Waals surface area contributed by atoms with Crippen LogP contribution in [0.25, 0.3) is 0 Å². The van der Waals surface area contributed by atoms with Crippen molar-refractivity contribution in [3.8, 4) is 0 Å². The second-order valence-electron chi connectivity index (χ2n) is 4.83. The van der Waals surface area contributed by atoms with Gasteiger partial charge in [-0.1, -0.05) is 0 Å². The minimum absolute atomic E-state index is 0.0364. The molecule has 18 heavy (non-hydrogen) atoms. The van der Waals surface area contributed by atoms with E-state index < -0.39 is 0 Å². The molecule has 0 spiro atoms. The lowest BCUT2D eigenvalue weighted by Gasteiger charge is -2.27. The second-order valence-corrected chi connectivity index (χ2v) is 4.83. The third-order valence-electron chi connectivity index (χ3n) is 3.50. The summed E-state index contributed by atoms with van der Waals surface area (Å²) in [5, 5.41) is 3.31. The third kappa shape index (κ3) is 1.73. The number of aromatic nitrogens is 2. The number of piperazine rings is 1. The highest BCUT2D eigenvalue weighted by molar-refractivity contribution is 5.98. The largest absolute Gasteiger partial charge is 0.338 e. The lowest BCUT2D eigenvalue weighted by atomic mass is 10.2. The van der Waals surface area contributed by atoms with Crippen molar-refractivity contribution in [3.05, 3.63) is 17.0 Å². The molecule has 1 aromatic rings. The molecule has 3 rings (SSSR count). The van der Waals surface area contributed by atoms with Crippen molar-refractivity contribution in [2.45, 2.75) is 13.5 Å². The van der Waals surface area contributed by atoms with Crippen molar-refractivity contribution >= 4 is 11.9 Å². The first-order valence-corrected chi connectivity index (χ1v) is 6.25. The van der Waals surface area contributed by atoms with E-state index >= 15 is 0 Å². The lowest BCUT2D eigenvalue weighted by molar-refractivity contribution is 0.0815. The molecule has 1 saturated heterocycles. The molecule has 6 heteroatoms. The Labute approximate surface area is 106 Å². The average Bonchev–Trinajstić information content (AvgIpc) is 2.66. The summed E-state index contributed by atoms with van der Waals surface area (Å²) in [5.74, 6) is 0.796. The van der Waals surface area contributed by atoms with E-state index in [4.69, 9.17) is 0 Å². The Bertz CT molecular complexity index is 495. The number of fused-ring (bicyclic) bond motifs is 1. The predicted molar refractivity (Wildman–Crippen MR) is 67.6 cm³/mol. The number of nitrogens with zero attached hydrogens (tertiary/aromatic N) is 4. The highest BCUT2D eigenvalue weighted by Gasteiger charge is 2.30. The van der Waals surface area contributed by atoms with E-state index in [0.717, 1.165) is 43.5 Å². The number of hydrogen-bond donors (Lipinski definition) is 1. The normalized spacial score (nSPS) is 19.3. The van der Waals surface area contributed by atoms with Crippen molar-refractivity contribution in [2.75, 3.05) is 38.1 Å². The fourth-order valence-corrected chi connectivity index (χ4v) is 2.50. The molecule has 2 aliphatic rings. The van der Waals surface area contributed by atoms with Crippen LogP contribution in [0.5, 0.6) is 0 Å². The number of hydrogen-bond acceptors (Lipinski definition) is 5. The molecule has 0 aliphatic carbocycles. The van der Waals surface area contributed by atoms with Crippen LogP contribution in [0.1, 0.15) is 21.7 Å². The van der Waals surface area contributed by atoms with Crippen molar-refractivity contribution < 1.29 is 4.79 Å². The fraction of sp³-hybridized carbons (Fsp3) is 0.583. The number of amides is 1. The molecule has 0 atom stereocenters. The van der Waals surface area contributed by atoms with E-state index in [0.29, 0.717) is 12.1 Å². The molecule has 1 fully saturated rings. The Morgan fingerprint density at radius 2 is 1.94 bits per heavy atom. The van der Waals surface area contributed by atoms with Gasteiger partial charge in [-0.2, -0.15) is 0 Å². The zero-order valence-corrected chi connectivity index (χ0v) is 10.7.